The number of nitrogens with one attached hydrogen (secondary N) is 1. The topological polar surface area (TPSA) is 98.7 Å². The molecule has 0 radical (unpaired) electrons. The third-order valence-corrected chi connectivity index (χ3v) is 3.51. The van der Waals surface area contributed by atoms with E-state index in [9.17, 15) is 4.79 Å². The monoisotopic (exact) mass is 312 g/mol. The van der Waals surface area contributed by atoms with Gasteiger partial charge in [0, 0.05) is 17.3 Å². The highest BCUT2D eigenvalue weighted by Crippen LogP contribution is 2.16. The number of benzene rings is 1. The number of thioether (sulfide) groups is 1. The number of nitrogens with two attached hydrogens (primary N) is 1. The molecule has 7 nitrogen and oxygen atoms in total. The number of amides is 1. The predicted octanol–water partition coefficient (Wildman–Crippen LogP) is 1.02. The zero-order valence-electron chi connectivity index (χ0n) is 10.5. The van der Waals surface area contributed by atoms with Crippen molar-refractivity contribution < 1.29 is 4.79 Å². The lowest BCUT2D eigenvalue weighted by Gasteiger charge is -2.05. The van der Waals surface area contributed by atoms with Crippen LogP contribution in [-0.4, -0.2) is 38.4 Å². The van der Waals surface area contributed by atoms with Gasteiger partial charge in [0.15, 0.2) is 0 Å². The number of carbonyl (C=O) groups is 1. The number of tetrazole rings is 1. The van der Waals surface area contributed by atoms with Gasteiger partial charge in [-0.25, -0.2) is 4.68 Å². The van der Waals surface area contributed by atoms with E-state index < -0.39 is 0 Å². The number of hydrogen-bond donors (Lipinski definition) is 2. The molecule has 1 aromatic heterocycles. The molecule has 0 atom stereocenters. The largest absolute Gasteiger partial charge is 0.329 e. The third kappa shape index (κ3) is 4.19. The van der Waals surface area contributed by atoms with Gasteiger partial charge in [0.25, 0.3) is 0 Å². The second-order valence-corrected chi connectivity index (χ2v) is 5.20. The highest BCUT2D eigenvalue weighted by atomic mass is 35.5. The highest BCUT2D eigenvalue weighted by molar-refractivity contribution is 7.99. The lowest BCUT2D eigenvalue weighted by Crippen LogP contribution is -2.16. The summed E-state index contributed by atoms with van der Waals surface area (Å²) >= 11 is 7.03. The zero-order chi connectivity index (χ0) is 14.4. The second kappa shape index (κ2) is 7.22. The van der Waals surface area contributed by atoms with Crippen LogP contribution in [0.2, 0.25) is 5.02 Å². The Morgan fingerprint density at radius 2 is 2.15 bits per heavy atom. The molecule has 20 heavy (non-hydrogen) atoms. The van der Waals surface area contributed by atoms with Crippen molar-refractivity contribution in [2.75, 3.05) is 17.6 Å². The van der Waals surface area contributed by atoms with Gasteiger partial charge in [0.05, 0.1) is 12.3 Å². The maximum atomic E-state index is 11.8. The molecule has 1 amide bonds. The summed E-state index contributed by atoms with van der Waals surface area (Å²) in [5.74, 6) is 0.0766. The Bertz CT molecular complexity index is 573. The van der Waals surface area contributed by atoms with Crippen molar-refractivity contribution in [1.29, 1.82) is 0 Å². The fraction of sp³-hybridized carbons (Fsp3) is 0.273. The molecule has 0 saturated heterocycles. The molecular formula is C11H13ClN6OS. The van der Waals surface area contributed by atoms with E-state index in [-0.39, 0.29) is 11.7 Å². The molecule has 0 spiro atoms. The maximum absolute atomic E-state index is 11.8. The van der Waals surface area contributed by atoms with E-state index in [0.717, 1.165) is 0 Å². The molecule has 1 heterocycles. The Labute approximate surface area is 124 Å². The molecule has 2 aromatic rings. The summed E-state index contributed by atoms with van der Waals surface area (Å²) in [5.41, 5.74) is 6.14. The van der Waals surface area contributed by atoms with Crippen LogP contribution in [0.3, 0.4) is 0 Å². The average Bonchev–Trinajstić information content (AvgIpc) is 2.87. The molecule has 106 valence electrons. The number of halogens is 1. The molecule has 9 heteroatoms. The molecule has 0 aliphatic heterocycles. The minimum absolute atomic E-state index is 0.139. The first-order valence-corrected chi connectivity index (χ1v) is 7.20. The predicted molar refractivity (Wildman–Crippen MR) is 77.7 cm³/mol. The van der Waals surface area contributed by atoms with Crippen molar-refractivity contribution in [3.63, 3.8) is 0 Å². The fourth-order valence-electron chi connectivity index (χ4n) is 1.42. The number of rotatable bonds is 6. The molecular weight excluding hydrogens is 300 g/mol. The minimum Gasteiger partial charge on any atom is -0.329 e. The Kier molecular flexibility index (Phi) is 5.33. The van der Waals surface area contributed by atoms with Crippen molar-refractivity contribution in [2.24, 2.45) is 5.73 Å². The van der Waals surface area contributed by atoms with Gasteiger partial charge >= 0.3 is 0 Å². The molecule has 3 N–H and O–H groups in total. The van der Waals surface area contributed by atoms with Gasteiger partial charge < -0.3 is 11.1 Å². The summed E-state index contributed by atoms with van der Waals surface area (Å²) in [6.07, 6.45) is 0. The third-order valence-electron chi connectivity index (χ3n) is 2.30. The van der Waals surface area contributed by atoms with Crippen LogP contribution in [0.15, 0.2) is 29.4 Å². The van der Waals surface area contributed by atoms with Crippen LogP contribution in [-0.2, 0) is 11.3 Å². The minimum atomic E-state index is -0.139. The normalized spacial score (nSPS) is 10.5. The number of carbonyl (C=O) groups excluding carboxylic acids is 1. The molecule has 0 bridgehead atoms. The first-order chi connectivity index (χ1) is 9.69. The Balaban J connectivity index is 1.85. The maximum Gasteiger partial charge on any atom is 0.234 e. The van der Waals surface area contributed by atoms with Gasteiger partial charge in [-0.05, 0) is 34.7 Å². The molecule has 0 unspecified atom stereocenters. The molecule has 0 aliphatic rings. The number of aromatic nitrogens is 4. The summed E-state index contributed by atoms with van der Waals surface area (Å²) in [6.45, 7) is 0.962. The molecule has 0 saturated carbocycles. The lowest BCUT2D eigenvalue weighted by atomic mass is 10.3. The van der Waals surface area contributed by atoms with E-state index in [1.165, 1.54) is 11.8 Å². The van der Waals surface area contributed by atoms with Gasteiger partial charge in [0.2, 0.25) is 11.1 Å². The van der Waals surface area contributed by atoms with Crippen molar-refractivity contribution in [3.8, 4) is 0 Å². The number of nitrogens with zero attached hydrogens (tertiary/aromatic N) is 4. The van der Waals surface area contributed by atoms with Crippen molar-refractivity contribution >= 4 is 35.0 Å². The van der Waals surface area contributed by atoms with Crippen LogP contribution < -0.4 is 11.1 Å². The summed E-state index contributed by atoms with van der Waals surface area (Å²) in [6, 6.07) is 6.91. The van der Waals surface area contributed by atoms with E-state index >= 15 is 0 Å². The summed E-state index contributed by atoms with van der Waals surface area (Å²) in [7, 11) is 0. The van der Waals surface area contributed by atoms with Crippen LogP contribution in [0.1, 0.15) is 0 Å². The highest BCUT2D eigenvalue weighted by Gasteiger charge is 2.09. The Morgan fingerprint density at radius 3 is 2.85 bits per heavy atom. The van der Waals surface area contributed by atoms with E-state index in [1.54, 1.807) is 28.9 Å². The lowest BCUT2D eigenvalue weighted by molar-refractivity contribution is -0.113. The number of anilines is 1. The molecule has 1 aromatic carbocycles. The molecule has 0 fully saturated rings. The summed E-state index contributed by atoms with van der Waals surface area (Å²) < 4.78 is 1.57. The summed E-state index contributed by atoms with van der Waals surface area (Å²) in [4.78, 5) is 11.8. The average molecular weight is 313 g/mol. The van der Waals surface area contributed by atoms with Gasteiger partial charge in [0.1, 0.15) is 0 Å². The van der Waals surface area contributed by atoms with Crippen LogP contribution >= 0.6 is 23.4 Å². The van der Waals surface area contributed by atoms with Crippen molar-refractivity contribution in [1.82, 2.24) is 20.2 Å². The van der Waals surface area contributed by atoms with E-state index in [4.69, 9.17) is 17.3 Å². The van der Waals surface area contributed by atoms with E-state index in [0.29, 0.717) is 29.0 Å². The SMILES string of the molecule is NCCn1nnnc1SCC(=O)Nc1ccc(Cl)cc1. The summed E-state index contributed by atoms with van der Waals surface area (Å²) in [5, 5.41) is 15.1. The van der Waals surface area contributed by atoms with Crippen LogP contribution in [0.4, 0.5) is 5.69 Å². The first-order valence-electron chi connectivity index (χ1n) is 5.83. The van der Waals surface area contributed by atoms with Gasteiger partial charge in [-0.2, -0.15) is 0 Å². The zero-order valence-corrected chi connectivity index (χ0v) is 12.1. The smallest absolute Gasteiger partial charge is 0.234 e. The van der Waals surface area contributed by atoms with Crippen LogP contribution in [0.25, 0.3) is 0 Å². The standard InChI is InChI=1S/C11H13ClN6OS/c12-8-1-3-9(4-2-8)14-10(19)7-20-11-15-16-17-18(11)6-5-13/h1-4H,5-7,13H2,(H,14,19). The molecule has 0 aliphatic carbocycles. The molecule has 2 rings (SSSR count). The fourth-order valence-corrected chi connectivity index (χ4v) is 2.25. The van der Waals surface area contributed by atoms with Gasteiger partial charge in [-0.1, -0.05) is 23.4 Å². The Hall–Kier alpha value is -1.64. The van der Waals surface area contributed by atoms with E-state index in [1.807, 2.05) is 0 Å². The first kappa shape index (κ1) is 14.8. The number of hydrogen-bond acceptors (Lipinski definition) is 6. The van der Waals surface area contributed by atoms with Crippen molar-refractivity contribution in [3.05, 3.63) is 29.3 Å². The Morgan fingerprint density at radius 1 is 1.40 bits per heavy atom. The van der Waals surface area contributed by atoms with E-state index in [2.05, 4.69) is 20.8 Å². The van der Waals surface area contributed by atoms with Crippen molar-refractivity contribution in [2.45, 2.75) is 11.7 Å². The van der Waals surface area contributed by atoms with Gasteiger partial charge in [-0.15, -0.1) is 5.10 Å². The van der Waals surface area contributed by atoms with Crippen LogP contribution in [0, 0.1) is 0 Å². The second-order valence-electron chi connectivity index (χ2n) is 3.82. The van der Waals surface area contributed by atoms with Gasteiger partial charge in [-0.3, -0.25) is 4.79 Å². The van der Waals surface area contributed by atoms with Crippen LogP contribution in [0.5, 0.6) is 0 Å². The quantitative estimate of drug-likeness (QED) is 0.773.